The van der Waals surface area contributed by atoms with Crippen molar-refractivity contribution in [2.75, 3.05) is 20.2 Å². The van der Waals surface area contributed by atoms with Crippen LogP contribution in [0.2, 0.25) is 0 Å². The lowest BCUT2D eigenvalue weighted by atomic mass is 9.92. The van der Waals surface area contributed by atoms with Gasteiger partial charge in [-0.25, -0.2) is 10.2 Å². The van der Waals surface area contributed by atoms with E-state index in [-0.39, 0.29) is 18.0 Å². The molecule has 0 bridgehead atoms. The van der Waals surface area contributed by atoms with Crippen LogP contribution in [0.5, 0.6) is 0 Å². The maximum absolute atomic E-state index is 12.6. The molecule has 9 heteroatoms. The minimum absolute atomic E-state index is 0.172. The third-order valence-electron chi connectivity index (χ3n) is 3.37. The second kappa shape index (κ2) is 9.69. The Bertz CT molecular complexity index is 434. The average Bonchev–Trinajstić information content (AvgIpc) is 2.50. The van der Waals surface area contributed by atoms with Crippen LogP contribution < -0.4 is 5.43 Å². The summed E-state index contributed by atoms with van der Waals surface area (Å²) in [5, 5.41) is 15.0. The molecule has 0 heterocycles. The molecule has 0 aliphatic carbocycles. The molecule has 0 fully saturated rings. The number of nitrogens with zero attached hydrogens (tertiary/aromatic N) is 3. The first-order chi connectivity index (χ1) is 10.3. The van der Waals surface area contributed by atoms with Crippen molar-refractivity contribution >= 4 is 17.7 Å². The van der Waals surface area contributed by atoms with Gasteiger partial charge in [0.05, 0.1) is 12.8 Å². The molecule has 2 unspecified atom stereocenters. The van der Waals surface area contributed by atoms with Crippen molar-refractivity contribution in [2.24, 2.45) is 11.0 Å². The van der Waals surface area contributed by atoms with E-state index < -0.39 is 23.0 Å². The van der Waals surface area contributed by atoms with Crippen molar-refractivity contribution < 1.29 is 19.2 Å². The zero-order chi connectivity index (χ0) is 17.3. The quantitative estimate of drug-likeness (QED) is 0.411. The third-order valence-corrected chi connectivity index (χ3v) is 3.37. The van der Waals surface area contributed by atoms with Gasteiger partial charge in [-0.2, -0.15) is 5.10 Å². The molecule has 9 nitrogen and oxygen atoms in total. The number of nitrogens with one attached hydrogen (secondary N) is 1. The molecular formula is C13H24N4O5. The predicted octanol–water partition coefficient (Wildman–Crippen LogP) is 1.26. The Hall–Kier alpha value is -2.19. The van der Waals surface area contributed by atoms with E-state index in [2.05, 4.69) is 15.3 Å². The Morgan fingerprint density at radius 1 is 1.32 bits per heavy atom. The highest BCUT2D eigenvalue weighted by atomic mass is 16.6. The molecule has 0 saturated carbocycles. The topological polar surface area (TPSA) is 114 Å². The van der Waals surface area contributed by atoms with Crippen LogP contribution in [0.3, 0.4) is 0 Å². The molecule has 126 valence electrons. The zero-order valence-corrected chi connectivity index (χ0v) is 13.7. The molecule has 22 heavy (non-hydrogen) atoms. The Morgan fingerprint density at radius 3 is 2.23 bits per heavy atom. The smallest absolute Gasteiger partial charge is 0.427 e. The average molecular weight is 316 g/mol. The summed E-state index contributed by atoms with van der Waals surface area (Å²) in [5.74, 6) is -1.40. The van der Waals surface area contributed by atoms with Crippen LogP contribution in [0.4, 0.5) is 4.79 Å². The first kappa shape index (κ1) is 19.8. The van der Waals surface area contributed by atoms with Crippen molar-refractivity contribution in [3.63, 3.8) is 0 Å². The lowest BCUT2D eigenvalue weighted by Gasteiger charge is -2.26. The van der Waals surface area contributed by atoms with E-state index >= 15 is 0 Å². The fourth-order valence-corrected chi connectivity index (χ4v) is 2.11. The molecule has 1 N–H and O–H groups in total. The highest BCUT2D eigenvalue weighted by Gasteiger charge is 2.40. The summed E-state index contributed by atoms with van der Waals surface area (Å²) in [6, 6.07) is -1.10. The molecule has 0 aromatic carbocycles. The number of nitro groups is 1. The molecule has 0 aromatic rings. The number of hydrogen-bond donors (Lipinski definition) is 1. The Labute approximate surface area is 129 Å². The largest absolute Gasteiger partial charge is 0.452 e. The fourth-order valence-electron chi connectivity index (χ4n) is 2.11. The van der Waals surface area contributed by atoms with E-state index in [1.807, 2.05) is 0 Å². The van der Waals surface area contributed by atoms with Crippen molar-refractivity contribution in [1.82, 2.24) is 10.3 Å². The Balaban J connectivity index is 5.54. The van der Waals surface area contributed by atoms with Gasteiger partial charge in [0, 0.05) is 24.4 Å². The van der Waals surface area contributed by atoms with Crippen LogP contribution in [0, 0.1) is 16.0 Å². The van der Waals surface area contributed by atoms with Gasteiger partial charge in [-0.3, -0.25) is 14.9 Å². The molecule has 0 saturated heterocycles. The van der Waals surface area contributed by atoms with E-state index in [9.17, 15) is 19.7 Å². The molecule has 0 aliphatic heterocycles. The summed E-state index contributed by atoms with van der Waals surface area (Å²) in [7, 11) is 1.17. The number of hydrazone groups is 1. The standard InChI is InChI=1S/C13H24N4O5/c1-6-10(17(20)21)11(12(18)16(7-2)8-3)9(4)14-15-13(19)22-5/h10-11H,6-8H2,1-5H3,(H,15,19)/b14-9+. The van der Waals surface area contributed by atoms with Gasteiger partial charge in [0.25, 0.3) is 0 Å². The molecule has 2 atom stereocenters. The minimum atomic E-state index is -1.10. The van der Waals surface area contributed by atoms with Gasteiger partial charge in [0.15, 0.2) is 0 Å². The normalized spacial score (nSPS) is 14.0. The highest BCUT2D eigenvalue weighted by Crippen LogP contribution is 2.17. The van der Waals surface area contributed by atoms with Gasteiger partial charge in [-0.05, 0) is 20.8 Å². The van der Waals surface area contributed by atoms with Crippen LogP contribution in [-0.4, -0.2) is 53.8 Å². The van der Waals surface area contributed by atoms with Crippen LogP contribution in [0.1, 0.15) is 34.1 Å². The lowest BCUT2D eigenvalue weighted by Crippen LogP contribution is -2.47. The second-order valence-corrected chi connectivity index (χ2v) is 4.61. The highest BCUT2D eigenvalue weighted by molar-refractivity contribution is 6.03. The monoisotopic (exact) mass is 316 g/mol. The summed E-state index contributed by atoms with van der Waals surface area (Å²) in [4.78, 5) is 35.9. The van der Waals surface area contributed by atoms with Crippen molar-refractivity contribution in [3.8, 4) is 0 Å². The van der Waals surface area contributed by atoms with Gasteiger partial charge in [-0.1, -0.05) is 6.92 Å². The summed E-state index contributed by atoms with van der Waals surface area (Å²) >= 11 is 0. The molecular weight excluding hydrogens is 292 g/mol. The molecule has 0 rings (SSSR count). The van der Waals surface area contributed by atoms with E-state index in [1.54, 1.807) is 20.8 Å². The number of ether oxygens (including phenoxy) is 1. The summed E-state index contributed by atoms with van der Waals surface area (Å²) in [5.41, 5.74) is 2.27. The lowest BCUT2D eigenvalue weighted by molar-refractivity contribution is -0.526. The van der Waals surface area contributed by atoms with Crippen molar-refractivity contribution in [1.29, 1.82) is 0 Å². The summed E-state index contributed by atoms with van der Waals surface area (Å²) < 4.78 is 4.38. The van der Waals surface area contributed by atoms with Crippen LogP contribution in [-0.2, 0) is 9.53 Å². The number of rotatable bonds is 8. The molecule has 0 aromatic heterocycles. The van der Waals surface area contributed by atoms with E-state index in [1.165, 1.54) is 18.9 Å². The van der Waals surface area contributed by atoms with Crippen molar-refractivity contribution in [2.45, 2.75) is 40.2 Å². The van der Waals surface area contributed by atoms with E-state index in [0.717, 1.165) is 0 Å². The third kappa shape index (κ3) is 5.30. The van der Waals surface area contributed by atoms with Gasteiger partial charge < -0.3 is 9.64 Å². The number of amides is 2. The minimum Gasteiger partial charge on any atom is -0.452 e. The molecule has 0 radical (unpaired) electrons. The van der Waals surface area contributed by atoms with Gasteiger partial charge in [-0.15, -0.1) is 0 Å². The summed E-state index contributed by atoms with van der Waals surface area (Å²) in [6.45, 7) is 7.59. The maximum Gasteiger partial charge on any atom is 0.427 e. The Kier molecular flexibility index (Phi) is 8.73. The van der Waals surface area contributed by atoms with Crippen LogP contribution >= 0.6 is 0 Å². The van der Waals surface area contributed by atoms with Gasteiger partial charge in [0.2, 0.25) is 11.9 Å². The van der Waals surface area contributed by atoms with Gasteiger partial charge >= 0.3 is 6.09 Å². The Morgan fingerprint density at radius 2 is 1.86 bits per heavy atom. The SMILES string of the molecule is CCC(C(C(=O)N(CC)CC)/C(C)=N/NC(=O)OC)[N+](=O)[O-]. The summed E-state index contributed by atoms with van der Waals surface area (Å²) in [6.07, 6.45) is -0.627. The van der Waals surface area contributed by atoms with E-state index in [4.69, 9.17) is 0 Å². The van der Waals surface area contributed by atoms with Gasteiger partial charge in [0.1, 0.15) is 5.92 Å². The maximum atomic E-state index is 12.6. The first-order valence-corrected chi connectivity index (χ1v) is 7.14. The number of hydrogen-bond acceptors (Lipinski definition) is 6. The first-order valence-electron chi connectivity index (χ1n) is 7.14. The molecule has 0 spiro atoms. The number of methoxy groups -OCH3 is 1. The second-order valence-electron chi connectivity index (χ2n) is 4.61. The fraction of sp³-hybridized carbons (Fsp3) is 0.769. The van der Waals surface area contributed by atoms with Crippen LogP contribution in [0.15, 0.2) is 5.10 Å². The number of carbonyl (C=O) groups excluding carboxylic acids is 2. The zero-order valence-electron chi connectivity index (χ0n) is 13.7. The molecule has 0 aliphatic rings. The van der Waals surface area contributed by atoms with Crippen LogP contribution in [0.25, 0.3) is 0 Å². The van der Waals surface area contributed by atoms with Crippen molar-refractivity contribution in [3.05, 3.63) is 10.1 Å². The number of carbonyl (C=O) groups is 2. The van der Waals surface area contributed by atoms with E-state index in [0.29, 0.717) is 13.1 Å². The predicted molar refractivity (Wildman–Crippen MR) is 81.1 cm³/mol. The molecule has 2 amide bonds.